The molecule has 0 N–H and O–H groups in total. The summed E-state index contributed by atoms with van der Waals surface area (Å²) in [5.41, 5.74) is 5.75. The van der Waals surface area contributed by atoms with Gasteiger partial charge in [-0.05, 0) is 22.4 Å². The van der Waals surface area contributed by atoms with Gasteiger partial charge in [0.1, 0.15) is 0 Å². The first-order valence-electron chi connectivity index (χ1n) is 9.00. The third kappa shape index (κ3) is 2.98. The van der Waals surface area contributed by atoms with Gasteiger partial charge < -0.3 is 0 Å². The third-order valence-corrected chi connectivity index (χ3v) is 4.77. The van der Waals surface area contributed by atoms with Crippen LogP contribution in [0.5, 0.6) is 0 Å². The molecule has 1 aliphatic rings. The maximum Gasteiger partial charge on any atom is 0.175 e. The second-order valence-corrected chi connectivity index (χ2v) is 7.67. The van der Waals surface area contributed by atoms with E-state index in [0.29, 0.717) is 0 Å². The monoisotopic (exact) mass is 336 g/mol. The highest BCUT2D eigenvalue weighted by atomic mass is 14.7. The van der Waals surface area contributed by atoms with Crippen LogP contribution in [0.25, 0.3) is 21.9 Å². The summed E-state index contributed by atoms with van der Waals surface area (Å²) in [7, 11) is 0. The van der Waals surface area contributed by atoms with Gasteiger partial charge in [-0.2, -0.15) is 0 Å². The molecule has 2 aromatic carbocycles. The molecule has 26 heavy (non-hydrogen) atoms. The molecule has 0 saturated heterocycles. The van der Waals surface area contributed by atoms with Crippen molar-refractivity contribution >= 4 is 21.9 Å². The molecule has 1 aromatic heterocycles. The second-order valence-electron chi connectivity index (χ2n) is 7.67. The molecule has 1 heteroatoms. The smallest absolute Gasteiger partial charge is 0.175 e. The molecule has 3 aromatic rings. The summed E-state index contributed by atoms with van der Waals surface area (Å²) in [6, 6.07) is 19.0. The number of pyridine rings is 1. The van der Waals surface area contributed by atoms with Crippen LogP contribution in [0.15, 0.2) is 79.0 Å². The third-order valence-electron chi connectivity index (χ3n) is 4.77. The zero-order valence-electron chi connectivity index (χ0n) is 15.5. The lowest BCUT2D eigenvalue weighted by atomic mass is 9.84. The molecule has 0 radical (unpaired) electrons. The highest BCUT2D eigenvalue weighted by Crippen LogP contribution is 2.34. The molecule has 0 unspecified atom stereocenters. The number of aromatic nitrogens is 1. The summed E-state index contributed by atoms with van der Waals surface area (Å²) < 4.78 is 0. The quantitative estimate of drug-likeness (QED) is 0.495. The van der Waals surface area contributed by atoms with Crippen LogP contribution < -0.4 is 0 Å². The van der Waals surface area contributed by atoms with Gasteiger partial charge in [0, 0.05) is 23.9 Å². The Morgan fingerprint density at radius 2 is 1.54 bits per heavy atom. The Morgan fingerprint density at radius 3 is 2.27 bits per heavy atom. The Labute approximate surface area is 155 Å². The predicted molar refractivity (Wildman–Crippen MR) is 111 cm³/mol. The van der Waals surface area contributed by atoms with E-state index in [0.717, 1.165) is 11.3 Å². The SMILES string of the molecule is CC(C)(C)c1cnc(C2=[C+]C=CC(c3ccccc3)=C2)c2ccccc12. The van der Waals surface area contributed by atoms with E-state index in [4.69, 9.17) is 4.98 Å². The summed E-state index contributed by atoms with van der Waals surface area (Å²) in [6.45, 7) is 6.70. The fourth-order valence-electron chi connectivity index (χ4n) is 3.42. The van der Waals surface area contributed by atoms with Gasteiger partial charge in [-0.3, -0.25) is 0 Å². The number of hydrogen-bond acceptors (Lipinski definition) is 1. The van der Waals surface area contributed by atoms with Crippen molar-refractivity contribution in [2.75, 3.05) is 0 Å². The van der Waals surface area contributed by atoms with Crippen molar-refractivity contribution in [2.24, 2.45) is 0 Å². The number of fused-ring (bicyclic) bond motifs is 1. The lowest BCUT2D eigenvalue weighted by Crippen LogP contribution is -2.13. The number of nitrogens with zero attached hydrogens (tertiary/aromatic N) is 1. The van der Waals surface area contributed by atoms with Crippen LogP contribution in [0.4, 0.5) is 0 Å². The van der Waals surface area contributed by atoms with E-state index in [9.17, 15) is 0 Å². The van der Waals surface area contributed by atoms with Gasteiger partial charge in [0.05, 0.1) is 23.1 Å². The molecule has 126 valence electrons. The maximum absolute atomic E-state index is 4.85. The van der Waals surface area contributed by atoms with E-state index in [1.165, 1.54) is 27.5 Å². The number of rotatable bonds is 2. The van der Waals surface area contributed by atoms with Crippen LogP contribution >= 0.6 is 0 Å². The topological polar surface area (TPSA) is 12.9 Å². The summed E-state index contributed by atoms with van der Waals surface area (Å²) >= 11 is 0. The minimum absolute atomic E-state index is 0.0563. The number of hydrogen-bond donors (Lipinski definition) is 0. The average molecular weight is 336 g/mol. The molecule has 4 rings (SSSR count). The van der Waals surface area contributed by atoms with Crippen LogP contribution in [0.2, 0.25) is 0 Å². The van der Waals surface area contributed by atoms with E-state index < -0.39 is 0 Å². The molecular weight excluding hydrogens is 314 g/mol. The molecule has 1 aliphatic carbocycles. The molecule has 0 spiro atoms. The molecule has 1 nitrogen and oxygen atoms in total. The average Bonchev–Trinajstić information content (AvgIpc) is 2.67. The molecule has 0 fully saturated rings. The Bertz CT molecular complexity index is 1040. The first-order chi connectivity index (χ1) is 12.5. The van der Waals surface area contributed by atoms with Gasteiger partial charge in [-0.25, -0.2) is 4.98 Å². The summed E-state index contributed by atoms with van der Waals surface area (Å²) in [5.74, 6) is 0. The van der Waals surface area contributed by atoms with E-state index in [1.807, 2.05) is 18.3 Å². The van der Waals surface area contributed by atoms with E-state index in [1.54, 1.807) is 0 Å². The Hall–Kier alpha value is -3.02. The lowest BCUT2D eigenvalue weighted by Gasteiger charge is -2.21. The van der Waals surface area contributed by atoms with Gasteiger partial charge >= 0.3 is 0 Å². The van der Waals surface area contributed by atoms with Crippen molar-refractivity contribution in [3.8, 4) is 0 Å². The molecule has 0 saturated carbocycles. The van der Waals surface area contributed by atoms with Crippen molar-refractivity contribution in [1.29, 1.82) is 0 Å². The van der Waals surface area contributed by atoms with Gasteiger partial charge in [0.15, 0.2) is 11.3 Å². The lowest BCUT2D eigenvalue weighted by molar-refractivity contribution is 0.593. The van der Waals surface area contributed by atoms with E-state index in [2.05, 4.69) is 87.5 Å². The minimum atomic E-state index is 0.0563. The highest BCUT2D eigenvalue weighted by Gasteiger charge is 2.23. The Kier molecular flexibility index (Phi) is 4.03. The zero-order chi connectivity index (χ0) is 18.1. The fourth-order valence-corrected chi connectivity index (χ4v) is 3.42. The maximum atomic E-state index is 4.85. The molecule has 0 bridgehead atoms. The standard InChI is InChI=1S/C25H22N/c1-25(2,3)23-17-26-24(22-15-8-7-14-21(22)23)20-13-9-12-19(16-20)18-10-5-4-6-11-18/h4-12,14-17H,1-3H3/q+1. The summed E-state index contributed by atoms with van der Waals surface area (Å²) in [6.07, 6.45) is 11.7. The van der Waals surface area contributed by atoms with Gasteiger partial charge in [0.2, 0.25) is 0 Å². The molecular formula is C25H22N+. The Balaban J connectivity index is 1.87. The first kappa shape index (κ1) is 16.4. The normalized spacial score (nSPS) is 14.0. The summed E-state index contributed by atoms with van der Waals surface area (Å²) in [5, 5.41) is 2.45. The van der Waals surface area contributed by atoms with Crippen molar-refractivity contribution in [2.45, 2.75) is 26.2 Å². The first-order valence-corrected chi connectivity index (χ1v) is 9.00. The van der Waals surface area contributed by atoms with Gasteiger partial charge in [-0.1, -0.05) is 69.3 Å². The van der Waals surface area contributed by atoms with Crippen molar-refractivity contribution in [3.05, 3.63) is 102 Å². The van der Waals surface area contributed by atoms with Crippen LogP contribution in [0.1, 0.15) is 37.6 Å². The molecule has 0 atom stereocenters. The fraction of sp³-hybridized carbons (Fsp3) is 0.160. The van der Waals surface area contributed by atoms with Crippen LogP contribution in [-0.2, 0) is 5.41 Å². The second kappa shape index (κ2) is 6.37. The predicted octanol–water partition coefficient (Wildman–Crippen LogP) is 6.37. The van der Waals surface area contributed by atoms with Gasteiger partial charge in [-0.15, -0.1) is 0 Å². The van der Waals surface area contributed by atoms with Crippen LogP contribution in [0, 0.1) is 6.08 Å². The van der Waals surface area contributed by atoms with Crippen molar-refractivity contribution < 1.29 is 0 Å². The Morgan fingerprint density at radius 1 is 0.846 bits per heavy atom. The zero-order valence-corrected chi connectivity index (χ0v) is 15.5. The van der Waals surface area contributed by atoms with Crippen molar-refractivity contribution in [1.82, 2.24) is 4.98 Å². The number of benzene rings is 2. The molecule has 0 aliphatic heterocycles. The largest absolute Gasteiger partial charge is 0.205 e. The minimum Gasteiger partial charge on any atom is -0.205 e. The highest BCUT2D eigenvalue weighted by molar-refractivity contribution is 5.99. The summed E-state index contributed by atoms with van der Waals surface area (Å²) in [4.78, 5) is 4.85. The van der Waals surface area contributed by atoms with E-state index >= 15 is 0 Å². The molecule has 0 amide bonds. The van der Waals surface area contributed by atoms with Gasteiger partial charge in [0.25, 0.3) is 0 Å². The van der Waals surface area contributed by atoms with Crippen LogP contribution in [0.3, 0.4) is 0 Å². The van der Waals surface area contributed by atoms with Crippen LogP contribution in [-0.4, -0.2) is 4.98 Å². The molecule has 1 heterocycles. The van der Waals surface area contributed by atoms with E-state index in [-0.39, 0.29) is 5.41 Å². The number of allylic oxidation sites excluding steroid dienone is 6. The van der Waals surface area contributed by atoms with Crippen molar-refractivity contribution in [3.63, 3.8) is 0 Å².